The monoisotopic (exact) mass is 531 g/mol. The molecular weight excluding hydrogens is 508 g/mol. The molecule has 1 aliphatic rings. The summed E-state index contributed by atoms with van der Waals surface area (Å²) in [5, 5.41) is 5.06. The molecule has 0 N–H and O–H groups in total. The lowest BCUT2D eigenvalue weighted by Gasteiger charge is -2.45. The molecule has 0 spiro atoms. The van der Waals surface area contributed by atoms with Gasteiger partial charge < -0.3 is 4.52 Å². The molecule has 6 heteroatoms. The standard InChI is InChI=1S/C30H24Cl2NO2P/c1-20(25-12-6-9-21-7-2-4-10-26(21)25)33-30(23-13-16-24(32)17-14-23)29-27-11-5-3-8-22(27)15-18-28(29)35-36(33,34)19-31/h2-18,20,30H,19H2,1H3. The zero-order chi connectivity index (χ0) is 24.9. The zero-order valence-electron chi connectivity index (χ0n) is 19.6. The summed E-state index contributed by atoms with van der Waals surface area (Å²) in [6.07, 6.45) is 0. The second-order valence-corrected chi connectivity index (χ2v) is 12.4. The number of hydrogen-bond donors (Lipinski definition) is 0. The third-order valence-corrected chi connectivity index (χ3v) is 10.3. The summed E-state index contributed by atoms with van der Waals surface area (Å²) in [4.78, 5) is 0. The number of fused-ring (bicyclic) bond motifs is 4. The van der Waals surface area contributed by atoms with Gasteiger partial charge in [0, 0.05) is 16.6 Å². The predicted octanol–water partition coefficient (Wildman–Crippen LogP) is 9.58. The van der Waals surface area contributed by atoms with Gasteiger partial charge in [0.15, 0.2) is 0 Å². The van der Waals surface area contributed by atoms with E-state index in [4.69, 9.17) is 27.7 Å². The van der Waals surface area contributed by atoms with Crippen molar-refractivity contribution in [1.82, 2.24) is 4.67 Å². The fraction of sp³-hybridized carbons (Fsp3) is 0.133. The first kappa shape index (κ1) is 23.6. The number of alkyl halides is 1. The van der Waals surface area contributed by atoms with Gasteiger partial charge in [-0.05, 0) is 57.8 Å². The Balaban J connectivity index is 1.65. The third kappa shape index (κ3) is 3.83. The lowest BCUT2D eigenvalue weighted by molar-refractivity contribution is 0.244. The summed E-state index contributed by atoms with van der Waals surface area (Å²) in [7, 11) is -3.48. The van der Waals surface area contributed by atoms with Crippen LogP contribution in [0.5, 0.6) is 5.75 Å². The Kier molecular flexibility index (Phi) is 6.06. The molecule has 0 aromatic heterocycles. The highest BCUT2D eigenvalue weighted by atomic mass is 35.5. The molecule has 3 unspecified atom stereocenters. The Bertz CT molecular complexity index is 1630. The molecular formula is C30H24Cl2NO2P. The van der Waals surface area contributed by atoms with Gasteiger partial charge in [0.25, 0.3) is 0 Å². The van der Waals surface area contributed by atoms with E-state index in [1.807, 2.05) is 71.4 Å². The minimum absolute atomic E-state index is 0.127. The molecule has 0 saturated heterocycles. The van der Waals surface area contributed by atoms with Crippen LogP contribution in [0.1, 0.15) is 35.7 Å². The molecule has 3 atom stereocenters. The third-order valence-electron chi connectivity index (χ3n) is 7.07. The molecule has 0 saturated carbocycles. The van der Waals surface area contributed by atoms with Crippen LogP contribution in [0.3, 0.4) is 0 Å². The van der Waals surface area contributed by atoms with Crippen LogP contribution in [0.15, 0.2) is 103 Å². The number of rotatable bonds is 4. The Morgan fingerprint density at radius 2 is 1.47 bits per heavy atom. The first-order valence-electron chi connectivity index (χ1n) is 11.9. The van der Waals surface area contributed by atoms with Crippen LogP contribution in [0.25, 0.3) is 21.5 Å². The SMILES string of the molecule is CC(c1cccc2ccccc12)N1C(c2ccc(Cl)cc2)c2c(ccc3ccccc23)OP1(=O)CCl. The van der Waals surface area contributed by atoms with Crippen LogP contribution in [0, 0.1) is 0 Å². The molecule has 1 heterocycles. The molecule has 1 aliphatic heterocycles. The maximum absolute atomic E-state index is 14.6. The largest absolute Gasteiger partial charge is 0.431 e. The van der Waals surface area contributed by atoms with Crippen molar-refractivity contribution in [2.75, 3.05) is 5.62 Å². The molecule has 0 radical (unpaired) electrons. The lowest BCUT2D eigenvalue weighted by Crippen LogP contribution is -2.35. The second-order valence-electron chi connectivity index (χ2n) is 9.13. The Labute approximate surface area is 220 Å². The van der Waals surface area contributed by atoms with Gasteiger partial charge in [0.2, 0.25) is 0 Å². The van der Waals surface area contributed by atoms with E-state index in [9.17, 15) is 4.57 Å². The minimum Gasteiger partial charge on any atom is -0.431 e. The summed E-state index contributed by atoms with van der Waals surface area (Å²) in [5.74, 6) is 0.610. The van der Waals surface area contributed by atoms with E-state index in [1.54, 1.807) is 0 Å². The number of halogens is 2. The van der Waals surface area contributed by atoms with Gasteiger partial charge in [-0.2, -0.15) is 0 Å². The smallest absolute Gasteiger partial charge is 0.335 e. The summed E-state index contributed by atoms with van der Waals surface area (Å²) in [6, 6.07) is 33.8. The van der Waals surface area contributed by atoms with Crippen LogP contribution < -0.4 is 4.52 Å². The maximum Gasteiger partial charge on any atom is 0.335 e. The van der Waals surface area contributed by atoms with Gasteiger partial charge in [-0.15, -0.1) is 11.6 Å². The molecule has 5 aromatic carbocycles. The predicted molar refractivity (Wildman–Crippen MR) is 150 cm³/mol. The van der Waals surface area contributed by atoms with Crippen LogP contribution in [0.4, 0.5) is 0 Å². The average Bonchev–Trinajstić information content (AvgIpc) is 2.92. The minimum atomic E-state index is -3.48. The quantitative estimate of drug-likeness (QED) is 0.171. The lowest BCUT2D eigenvalue weighted by atomic mass is 9.91. The molecule has 3 nitrogen and oxygen atoms in total. The summed E-state index contributed by atoms with van der Waals surface area (Å²) < 4.78 is 22.9. The summed E-state index contributed by atoms with van der Waals surface area (Å²) >= 11 is 12.8. The van der Waals surface area contributed by atoms with E-state index < -0.39 is 7.52 Å². The van der Waals surface area contributed by atoms with Crippen molar-refractivity contribution in [3.63, 3.8) is 0 Å². The van der Waals surface area contributed by atoms with Crippen LogP contribution in [-0.4, -0.2) is 10.3 Å². The van der Waals surface area contributed by atoms with Gasteiger partial charge in [-0.1, -0.05) is 96.5 Å². The topological polar surface area (TPSA) is 29.5 Å². The van der Waals surface area contributed by atoms with E-state index >= 15 is 0 Å². The maximum atomic E-state index is 14.6. The molecule has 0 aliphatic carbocycles. The normalized spacial score (nSPS) is 20.7. The molecule has 0 bridgehead atoms. The van der Waals surface area contributed by atoms with Crippen molar-refractivity contribution in [2.45, 2.75) is 19.0 Å². The van der Waals surface area contributed by atoms with Crippen molar-refractivity contribution < 1.29 is 9.09 Å². The summed E-state index contributed by atoms with van der Waals surface area (Å²) in [5.41, 5.74) is 2.92. The van der Waals surface area contributed by atoms with Gasteiger partial charge in [-0.25, -0.2) is 4.67 Å². The van der Waals surface area contributed by atoms with Gasteiger partial charge in [0.05, 0.1) is 6.04 Å². The fourth-order valence-corrected chi connectivity index (χ4v) is 8.07. The highest BCUT2D eigenvalue weighted by Crippen LogP contribution is 2.66. The molecule has 0 fully saturated rings. The van der Waals surface area contributed by atoms with Crippen LogP contribution >= 0.6 is 30.7 Å². The van der Waals surface area contributed by atoms with E-state index in [-0.39, 0.29) is 17.7 Å². The van der Waals surface area contributed by atoms with E-state index in [0.29, 0.717) is 10.8 Å². The number of benzene rings is 5. The van der Waals surface area contributed by atoms with Gasteiger partial charge >= 0.3 is 7.52 Å². The van der Waals surface area contributed by atoms with Crippen molar-refractivity contribution in [3.8, 4) is 5.75 Å². The van der Waals surface area contributed by atoms with E-state index in [2.05, 4.69) is 43.3 Å². The Hall–Kier alpha value is -2.81. The molecule has 0 amide bonds. The Morgan fingerprint density at radius 3 is 2.19 bits per heavy atom. The van der Waals surface area contributed by atoms with Crippen molar-refractivity contribution in [1.29, 1.82) is 0 Å². The Morgan fingerprint density at radius 1 is 0.833 bits per heavy atom. The molecule has 180 valence electrons. The average molecular weight is 532 g/mol. The highest BCUT2D eigenvalue weighted by molar-refractivity contribution is 7.58. The van der Waals surface area contributed by atoms with Crippen LogP contribution in [-0.2, 0) is 4.57 Å². The molecule has 6 rings (SSSR count). The van der Waals surface area contributed by atoms with Gasteiger partial charge in [0.1, 0.15) is 11.4 Å². The first-order chi connectivity index (χ1) is 17.5. The highest BCUT2D eigenvalue weighted by Gasteiger charge is 2.48. The molecule has 36 heavy (non-hydrogen) atoms. The van der Waals surface area contributed by atoms with Crippen molar-refractivity contribution in [2.24, 2.45) is 0 Å². The molecule has 5 aromatic rings. The first-order valence-corrected chi connectivity index (χ1v) is 14.6. The number of nitrogens with zero attached hydrogens (tertiary/aromatic N) is 1. The number of hydrogen-bond acceptors (Lipinski definition) is 2. The van der Waals surface area contributed by atoms with E-state index in [1.165, 1.54) is 0 Å². The fourth-order valence-electron chi connectivity index (χ4n) is 5.44. The van der Waals surface area contributed by atoms with Crippen LogP contribution in [0.2, 0.25) is 5.02 Å². The van der Waals surface area contributed by atoms with Crippen molar-refractivity contribution in [3.05, 3.63) is 125 Å². The second kappa shape index (κ2) is 9.25. The zero-order valence-corrected chi connectivity index (χ0v) is 22.0. The van der Waals surface area contributed by atoms with Gasteiger partial charge in [-0.3, -0.25) is 4.57 Å². The van der Waals surface area contributed by atoms with E-state index in [0.717, 1.165) is 38.2 Å². The van der Waals surface area contributed by atoms with Crippen molar-refractivity contribution >= 4 is 52.3 Å². The summed E-state index contributed by atoms with van der Waals surface area (Å²) in [6.45, 7) is 2.09.